The van der Waals surface area contributed by atoms with Crippen molar-refractivity contribution in [3.8, 4) is 11.5 Å². The molecule has 0 aliphatic carbocycles. The molecule has 3 N–H and O–H groups in total. The number of methoxy groups -OCH3 is 1. The van der Waals surface area contributed by atoms with E-state index in [9.17, 15) is 4.79 Å². The van der Waals surface area contributed by atoms with Crippen LogP contribution in [0.2, 0.25) is 0 Å². The molecule has 0 fully saturated rings. The smallest absolute Gasteiger partial charge is 0.224 e. The molecule has 19 heavy (non-hydrogen) atoms. The summed E-state index contributed by atoms with van der Waals surface area (Å²) in [5.74, 6) is 1.39. The van der Waals surface area contributed by atoms with Crippen LogP contribution in [-0.4, -0.2) is 26.2 Å². The topological polar surface area (TPSA) is 73.6 Å². The highest BCUT2D eigenvalue weighted by atomic mass is 16.5. The van der Waals surface area contributed by atoms with Gasteiger partial charge in [-0.25, -0.2) is 0 Å². The van der Waals surface area contributed by atoms with E-state index in [1.54, 1.807) is 25.3 Å². The van der Waals surface area contributed by atoms with Crippen molar-refractivity contribution in [1.82, 2.24) is 0 Å². The molecule has 5 nitrogen and oxygen atoms in total. The van der Waals surface area contributed by atoms with Crippen molar-refractivity contribution in [2.24, 2.45) is 11.7 Å². The number of anilines is 1. The summed E-state index contributed by atoms with van der Waals surface area (Å²) in [7, 11) is 1.58. The minimum Gasteiger partial charge on any atom is -0.493 e. The van der Waals surface area contributed by atoms with Crippen LogP contribution >= 0.6 is 0 Å². The number of carbonyl (C=O) groups excluding carboxylic acids is 1. The molecular weight excluding hydrogens is 244 g/mol. The second-order valence-corrected chi connectivity index (χ2v) is 4.39. The fraction of sp³-hybridized carbons (Fsp3) is 0.500. The van der Waals surface area contributed by atoms with Crippen LogP contribution in [-0.2, 0) is 4.79 Å². The molecule has 0 saturated heterocycles. The van der Waals surface area contributed by atoms with E-state index in [0.717, 1.165) is 0 Å². The Hall–Kier alpha value is -1.75. The first-order valence-electron chi connectivity index (χ1n) is 6.41. The second-order valence-electron chi connectivity index (χ2n) is 4.39. The van der Waals surface area contributed by atoms with Crippen molar-refractivity contribution < 1.29 is 14.3 Å². The number of carbonyl (C=O) groups is 1. The fourth-order valence-electron chi connectivity index (χ4n) is 1.63. The number of nitrogens with one attached hydrogen (secondary N) is 1. The summed E-state index contributed by atoms with van der Waals surface area (Å²) in [5, 5.41) is 2.83. The lowest BCUT2D eigenvalue weighted by molar-refractivity contribution is -0.116. The number of hydrogen-bond acceptors (Lipinski definition) is 4. The third-order valence-corrected chi connectivity index (χ3v) is 2.68. The first kappa shape index (κ1) is 15.3. The summed E-state index contributed by atoms with van der Waals surface area (Å²) < 4.78 is 10.6. The summed E-state index contributed by atoms with van der Waals surface area (Å²) in [6, 6.07) is 5.31. The van der Waals surface area contributed by atoms with Crippen LogP contribution < -0.4 is 20.5 Å². The van der Waals surface area contributed by atoms with Crippen molar-refractivity contribution in [2.45, 2.75) is 20.3 Å². The average Bonchev–Trinajstić information content (AvgIpc) is 2.39. The third kappa shape index (κ3) is 4.79. The van der Waals surface area contributed by atoms with E-state index in [4.69, 9.17) is 15.2 Å². The van der Waals surface area contributed by atoms with Gasteiger partial charge in [0.25, 0.3) is 0 Å². The monoisotopic (exact) mass is 266 g/mol. The van der Waals surface area contributed by atoms with E-state index in [1.165, 1.54) is 0 Å². The SMILES string of the molecule is CCOc1cc(NC(=O)CC(C)CN)ccc1OC. The predicted octanol–water partition coefficient (Wildman–Crippen LogP) is 2.02. The molecule has 0 radical (unpaired) electrons. The van der Waals surface area contributed by atoms with E-state index >= 15 is 0 Å². The van der Waals surface area contributed by atoms with Crippen LogP contribution in [0.5, 0.6) is 11.5 Å². The fourth-order valence-corrected chi connectivity index (χ4v) is 1.63. The van der Waals surface area contributed by atoms with E-state index in [-0.39, 0.29) is 11.8 Å². The minimum atomic E-state index is -0.0504. The number of nitrogens with two attached hydrogens (primary N) is 1. The average molecular weight is 266 g/mol. The molecule has 106 valence electrons. The van der Waals surface area contributed by atoms with Crippen molar-refractivity contribution in [3.63, 3.8) is 0 Å². The van der Waals surface area contributed by atoms with Gasteiger partial charge in [0.15, 0.2) is 11.5 Å². The molecule has 0 heterocycles. The van der Waals surface area contributed by atoms with Gasteiger partial charge < -0.3 is 20.5 Å². The second kappa shape index (κ2) is 7.63. The molecular formula is C14H22N2O3. The Bertz CT molecular complexity index is 421. The highest BCUT2D eigenvalue weighted by Gasteiger charge is 2.10. The van der Waals surface area contributed by atoms with Gasteiger partial charge in [0.2, 0.25) is 5.91 Å². The van der Waals surface area contributed by atoms with Gasteiger partial charge in [-0.15, -0.1) is 0 Å². The van der Waals surface area contributed by atoms with E-state index in [1.807, 2.05) is 13.8 Å². The van der Waals surface area contributed by atoms with Crippen LogP contribution in [0.1, 0.15) is 20.3 Å². The Morgan fingerprint density at radius 3 is 2.74 bits per heavy atom. The van der Waals surface area contributed by atoms with Gasteiger partial charge in [0.1, 0.15) is 0 Å². The Balaban J connectivity index is 2.73. The number of benzene rings is 1. The largest absolute Gasteiger partial charge is 0.493 e. The van der Waals surface area contributed by atoms with E-state index in [2.05, 4.69) is 5.32 Å². The van der Waals surface area contributed by atoms with Crippen LogP contribution in [0.3, 0.4) is 0 Å². The molecule has 0 spiro atoms. The standard InChI is InChI=1S/C14H22N2O3/c1-4-19-13-8-11(5-6-12(13)18-3)16-14(17)7-10(2)9-15/h5-6,8,10H,4,7,9,15H2,1-3H3,(H,16,17). The summed E-state index contributed by atoms with van der Waals surface area (Å²) in [5.41, 5.74) is 6.19. The Kier molecular flexibility index (Phi) is 6.15. The van der Waals surface area contributed by atoms with Crippen LogP contribution in [0.4, 0.5) is 5.69 Å². The minimum absolute atomic E-state index is 0.0504. The van der Waals surface area contributed by atoms with E-state index < -0.39 is 0 Å². The summed E-state index contributed by atoms with van der Waals surface area (Å²) in [4.78, 5) is 11.8. The van der Waals surface area contributed by atoms with E-state index in [0.29, 0.717) is 36.8 Å². The van der Waals surface area contributed by atoms with Crippen molar-refractivity contribution >= 4 is 11.6 Å². The predicted molar refractivity (Wildman–Crippen MR) is 75.6 cm³/mol. The molecule has 1 atom stereocenters. The molecule has 5 heteroatoms. The Morgan fingerprint density at radius 2 is 2.16 bits per heavy atom. The maximum atomic E-state index is 11.8. The molecule has 0 bridgehead atoms. The van der Waals surface area contributed by atoms with Gasteiger partial charge >= 0.3 is 0 Å². The van der Waals surface area contributed by atoms with Gasteiger partial charge in [-0.3, -0.25) is 4.79 Å². The lowest BCUT2D eigenvalue weighted by Gasteiger charge is -2.13. The quantitative estimate of drug-likeness (QED) is 0.792. The van der Waals surface area contributed by atoms with Crippen LogP contribution in [0, 0.1) is 5.92 Å². The van der Waals surface area contributed by atoms with Crippen molar-refractivity contribution in [1.29, 1.82) is 0 Å². The zero-order chi connectivity index (χ0) is 14.3. The molecule has 1 rings (SSSR count). The first-order chi connectivity index (χ1) is 9.10. The van der Waals surface area contributed by atoms with Crippen LogP contribution in [0.25, 0.3) is 0 Å². The molecule has 1 aromatic rings. The third-order valence-electron chi connectivity index (χ3n) is 2.68. The van der Waals surface area contributed by atoms with Crippen molar-refractivity contribution in [3.05, 3.63) is 18.2 Å². The van der Waals surface area contributed by atoms with Gasteiger partial charge in [0.05, 0.1) is 13.7 Å². The molecule has 1 unspecified atom stereocenters. The Labute approximate surface area is 114 Å². The van der Waals surface area contributed by atoms with Gasteiger partial charge in [-0.1, -0.05) is 6.92 Å². The maximum Gasteiger partial charge on any atom is 0.224 e. The Morgan fingerprint density at radius 1 is 1.42 bits per heavy atom. The zero-order valence-corrected chi connectivity index (χ0v) is 11.7. The number of hydrogen-bond donors (Lipinski definition) is 2. The lowest BCUT2D eigenvalue weighted by Crippen LogP contribution is -2.20. The molecule has 0 aliphatic heterocycles. The van der Waals surface area contributed by atoms with Gasteiger partial charge in [-0.05, 0) is 31.5 Å². The van der Waals surface area contributed by atoms with Crippen LogP contribution in [0.15, 0.2) is 18.2 Å². The highest BCUT2D eigenvalue weighted by molar-refractivity contribution is 5.91. The molecule has 0 aliphatic rings. The number of amides is 1. The first-order valence-corrected chi connectivity index (χ1v) is 6.41. The highest BCUT2D eigenvalue weighted by Crippen LogP contribution is 2.30. The summed E-state index contributed by atoms with van der Waals surface area (Å²) >= 11 is 0. The lowest BCUT2D eigenvalue weighted by atomic mass is 10.1. The molecule has 1 amide bonds. The zero-order valence-electron chi connectivity index (χ0n) is 11.7. The summed E-state index contributed by atoms with van der Waals surface area (Å²) in [6.45, 7) is 4.88. The summed E-state index contributed by atoms with van der Waals surface area (Å²) in [6.07, 6.45) is 0.409. The van der Waals surface area contributed by atoms with Gasteiger partial charge in [0, 0.05) is 18.2 Å². The molecule has 0 aromatic heterocycles. The van der Waals surface area contributed by atoms with Gasteiger partial charge in [-0.2, -0.15) is 0 Å². The molecule has 1 aromatic carbocycles. The maximum absolute atomic E-state index is 11.8. The normalized spacial score (nSPS) is 11.8. The number of rotatable bonds is 7. The van der Waals surface area contributed by atoms with Crippen molar-refractivity contribution in [2.75, 3.05) is 25.6 Å². The number of ether oxygens (including phenoxy) is 2. The molecule has 0 saturated carbocycles.